The van der Waals surface area contributed by atoms with Crippen LogP contribution in [0.4, 0.5) is 0 Å². The Hall–Kier alpha value is -5.91. The quantitative estimate of drug-likeness (QED) is 0.0296. The SMILES string of the molecule is CNC(CCC(=O)O)C(=O)N[C@H](CCC(=O)O)C(=O)NC(CCC(=O)O)C(=O)N[C@H](CCC(=O)O)C(=O)NC(CCC(=O)O)C(=O)N[C@H](CCCCN)C(N)=O. The highest BCUT2D eigenvalue weighted by Gasteiger charge is 2.33. The third kappa shape index (κ3) is 21.7. The number of rotatable bonds is 31. The lowest BCUT2D eigenvalue weighted by Gasteiger charge is -2.27. The lowest BCUT2D eigenvalue weighted by molar-refractivity contribution is -0.140. The molecule has 0 aliphatic heterocycles. The second-order valence-corrected chi connectivity index (χ2v) is 12.5. The summed E-state index contributed by atoms with van der Waals surface area (Å²) in [4.78, 5) is 135. The minimum absolute atomic E-state index is 0.0558. The number of amides is 6. The van der Waals surface area contributed by atoms with Gasteiger partial charge in [0.05, 0.1) is 6.04 Å². The summed E-state index contributed by atoms with van der Waals surface area (Å²) in [7, 11) is 1.32. The van der Waals surface area contributed by atoms with Gasteiger partial charge in [0.1, 0.15) is 30.2 Å². The van der Waals surface area contributed by atoms with Gasteiger partial charge in [-0.15, -0.1) is 0 Å². The summed E-state index contributed by atoms with van der Waals surface area (Å²) < 4.78 is 0. The lowest BCUT2D eigenvalue weighted by Crippen LogP contribution is -2.59. The van der Waals surface area contributed by atoms with E-state index in [0.717, 1.165) is 0 Å². The van der Waals surface area contributed by atoms with Gasteiger partial charge in [-0.3, -0.25) is 52.7 Å². The van der Waals surface area contributed by atoms with E-state index in [1.807, 2.05) is 0 Å². The Bertz CT molecular complexity index is 1430. The van der Waals surface area contributed by atoms with Gasteiger partial charge in [-0.05, 0) is 65.0 Å². The van der Waals surface area contributed by atoms with Crippen molar-refractivity contribution in [3.05, 3.63) is 0 Å². The van der Waals surface area contributed by atoms with Gasteiger partial charge >= 0.3 is 29.8 Å². The molecule has 0 saturated carbocycles. The topological polar surface area (TPSA) is 413 Å². The number of unbranched alkanes of at least 4 members (excludes halogenated alkanes) is 1. The van der Waals surface area contributed by atoms with E-state index in [0.29, 0.717) is 12.8 Å². The number of carbonyl (C=O) groups excluding carboxylic acids is 6. The molecule has 0 aliphatic carbocycles. The van der Waals surface area contributed by atoms with Crippen LogP contribution in [-0.2, 0) is 52.7 Å². The zero-order valence-corrected chi connectivity index (χ0v) is 30.7. The molecule has 0 aliphatic rings. The molecular formula is C32H52N8O16. The summed E-state index contributed by atoms with van der Waals surface area (Å²) in [5.74, 6) is -13.4. The molecule has 0 radical (unpaired) electrons. The molecule has 0 aromatic rings. The summed E-state index contributed by atoms with van der Waals surface area (Å²) in [6.45, 7) is 0.274. The van der Waals surface area contributed by atoms with Crippen LogP contribution in [0.15, 0.2) is 0 Å². The molecule has 0 aromatic heterocycles. The normalized spacial score (nSPS) is 14.0. The van der Waals surface area contributed by atoms with Crippen molar-refractivity contribution in [2.45, 2.75) is 120 Å². The molecular weight excluding hydrogens is 752 g/mol. The van der Waals surface area contributed by atoms with Crippen LogP contribution < -0.4 is 43.4 Å². The number of likely N-dealkylation sites (N-methyl/N-ethyl adjacent to an activating group) is 1. The maximum absolute atomic E-state index is 13.5. The van der Waals surface area contributed by atoms with Crippen LogP contribution in [0.2, 0.25) is 0 Å². The molecule has 0 rings (SSSR count). The van der Waals surface area contributed by atoms with Gasteiger partial charge < -0.3 is 68.9 Å². The molecule has 0 bridgehead atoms. The predicted octanol–water partition coefficient (Wildman–Crippen LogP) is -4.06. The van der Waals surface area contributed by atoms with Gasteiger partial charge in [0, 0.05) is 32.1 Å². The predicted molar refractivity (Wildman–Crippen MR) is 189 cm³/mol. The maximum atomic E-state index is 13.5. The van der Waals surface area contributed by atoms with E-state index in [-0.39, 0.29) is 19.4 Å². The Morgan fingerprint density at radius 2 is 0.661 bits per heavy atom. The molecule has 0 saturated heterocycles. The van der Waals surface area contributed by atoms with Gasteiger partial charge in [0.15, 0.2) is 0 Å². The molecule has 24 heteroatoms. The fourth-order valence-electron chi connectivity index (χ4n) is 4.96. The number of carboxylic acid groups (broad SMARTS) is 5. The van der Waals surface area contributed by atoms with Crippen LogP contribution in [0.3, 0.4) is 0 Å². The standard InChI is InChI=1S/C32H52N8O16/c1-35-17(5-10-22(41)42)28(52)37-19(7-12-24(45)46)30(54)39-21(9-14-26(49)50)32(56)40-20(8-13-25(47)48)31(55)38-18(6-11-23(43)44)29(53)36-16(27(34)51)4-2-3-15-33/h16-21,35H,2-15,33H2,1H3,(H2,34,51)(H,36,53)(H,37,52)(H,38,55)(H,39,54)(H,40,56)(H,41,42)(H,43,44)(H,45,46)(H,47,48)(H,49,50)/t16-,17?,18?,19-,20-,21?/m1/s1. The van der Waals surface area contributed by atoms with Crippen molar-refractivity contribution in [2.24, 2.45) is 11.5 Å². The third-order valence-electron chi connectivity index (χ3n) is 8.04. The van der Waals surface area contributed by atoms with E-state index >= 15 is 0 Å². The molecule has 3 unspecified atom stereocenters. The second kappa shape index (κ2) is 26.8. The third-order valence-corrected chi connectivity index (χ3v) is 8.04. The summed E-state index contributed by atoms with van der Waals surface area (Å²) >= 11 is 0. The van der Waals surface area contributed by atoms with Crippen LogP contribution in [0.1, 0.15) is 83.5 Å². The Balaban J connectivity index is 6.43. The van der Waals surface area contributed by atoms with Crippen molar-refractivity contribution >= 4 is 65.3 Å². The highest BCUT2D eigenvalue weighted by Crippen LogP contribution is 2.09. The Morgan fingerprint density at radius 3 is 0.893 bits per heavy atom. The van der Waals surface area contributed by atoms with Gasteiger partial charge in [-0.25, -0.2) is 0 Å². The van der Waals surface area contributed by atoms with Gasteiger partial charge in [-0.1, -0.05) is 0 Å². The van der Waals surface area contributed by atoms with Crippen molar-refractivity contribution in [3.63, 3.8) is 0 Å². The summed E-state index contributed by atoms with van der Waals surface area (Å²) in [5, 5.41) is 59.7. The number of nitrogens with two attached hydrogens (primary N) is 2. The van der Waals surface area contributed by atoms with Gasteiger partial charge in [0.25, 0.3) is 0 Å². The molecule has 24 nitrogen and oxygen atoms in total. The number of primary amides is 1. The first kappa shape index (κ1) is 50.1. The van der Waals surface area contributed by atoms with Crippen molar-refractivity contribution in [1.29, 1.82) is 0 Å². The van der Waals surface area contributed by atoms with E-state index in [1.54, 1.807) is 0 Å². The van der Waals surface area contributed by atoms with E-state index in [2.05, 4.69) is 31.9 Å². The molecule has 6 amide bonds. The Kier molecular flexibility index (Phi) is 24.0. The second-order valence-electron chi connectivity index (χ2n) is 12.5. The largest absolute Gasteiger partial charge is 0.481 e. The van der Waals surface area contributed by atoms with Gasteiger partial charge in [0.2, 0.25) is 35.4 Å². The number of hydrogen-bond donors (Lipinski definition) is 13. The summed E-state index contributed by atoms with van der Waals surface area (Å²) in [5.41, 5.74) is 10.8. The fraction of sp³-hybridized carbons (Fsp3) is 0.656. The van der Waals surface area contributed by atoms with Crippen molar-refractivity contribution in [1.82, 2.24) is 31.9 Å². The van der Waals surface area contributed by atoms with Crippen molar-refractivity contribution in [2.75, 3.05) is 13.6 Å². The van der Waals surface area contributed by atoms with Crippen LogP contribution in [-0.4, -0.2) is 141 Å². The maximum Gasteiger partial charge on any atom is 0.303 e. The molecule has 0 heterocycles. The molecule has 6 atom stereocenters. The van der Waals surface area contributed by atoms with Crippen molar-refractivity contribution < 1.29 is 78.3 Å². The molecule has 0 aromatic carbocycles. The zero-order valence-electron chi connectivity index (χ0n) is 30.7. The molecule has 56 heavy (non-hydrogen) atoms. The van der Waals surface area contributed by atoms with E-state index < -0.39 is 159 Å². The molecule has 15 N–H and O–H groups in total. The number of carboxylic acids is 5. The van der Waals surface area contributed by atoms with E-state index in [9.17, 15) is 73.2 Å². The number of carbonyl (C=O) groups is 11. The van der Waals surface area contributed by atoms with E-state index in [1.165, 1.54) is 7.05 Å². The highest BCUT2D eigenvalue weighted by molar-refractivity contribution is 5.97. The Morgan fingerprint density at radius 1 is 0.411 bits per heavy atom. The van der Waals surface area contributed by atoms with Crippen LogP contribution in [0.25, 0.3) is 0 Å². The first-order chi connectivity index (χ1) is 26.2. The fourth-order valence-corrected chi connectivity index (χ4v) is 4.96. The van der Waals surface area contributed by atoms with Crippen LogP contribution >= 0.6 is 0 Å². The van der Waals surface area contributed by atoms with Crippen LogP contribution in [0, 0.1) is 0 Å². The molecule has 0 spiro atoms. The van der Waals surface area contributed by atoms with Gasteiger partial charge in [-0.2, -0.15) is 0 Å². The van der Waals surface area contributed by atoms with Crippen LogP contribution in [0.5, 0.6) is 0 Å². The minimum atomic E-state index is -1.80. The smallest absolute Gasteiger partial charge is 0.303 e. The minimum Gasteiger partial charge on any atom is -0.481 e. The zero-order chi connectivity index (χ0) is 43.0. The highest BCUT2D eigenvalue weighted by atomic mass is 16.4. The Labute approximate surface area is 320 Å². The van der Waals surface area contributed by atoms with E-state index in [4.69, 9.17) is 16.6 Å². The summed E-state index contributed by atoms with van der Waals surface area (Å²) in [6, 6.07) is -9.29. The monoisotopic (exact) mass is 804 g/mol. The first-order valence-corrected chi connectivity index (χ1v) is 17.5. The lowest BCUT2D eigenvalue weighted by atomic mass is 10.0. The molecule has 0 fully saturated rings. The summed E-state index contributed by atoms with van der Waals surface area (Å²) in [6.07, 6.45) is -4.98. The first-order valence-electron chi connectivity index (χ1n) is 17.5. The number of hydrogen-bond acceptors (Lipinski definition) is 13. The number of aliphatic carboxylic acids is 5. The molecule has 316 valence electrons. The number of nitrogens with one attached hydrogen (secondary N) is 6. The average Bonchev–Trinajstić information content (AvgIpc) is 3.10. The van der Waals surface area contributed by atoms with Crippen molar-refractivity contribution in [3.8, 4) is 0 Å². The average molecular weight is 805 g/mol.